The molecule has 1 aliphatic rings. The highest BCUT2D eigenvalue weighted by atomic mass is 32.2. The van der Waals surface area contributed by atoms with Gasteiger partial charge in [0.25, 0.3) is 5.91 Å². The van der Waals surface area contributed by atoms with E-state index in [1.807, 2.05) is 0 Å². The van der Waals surface area contributed by atoms with Crippen LogP contribution in [0.1, 0.15) is 39.1 Å². The third-order valence-electron chi connectivity index (χ3n) is 4.80. The number of sulfone groups is 1. The van der Waals surface area contributed by atoms with Crippen molar-refractivity contribution < 1.29 is 22.4 Å². The summed E-state index contributed by atoms with van der Waals surface area (Å²) in [4.78, 5) is 27.0. The minimum atomic E-state index is -3.17. The van der Waals surface area contributed by atoms with Crippen LogP contribution in [0.2, 0.25) is 0 Å². The first-order valence-corrected chi connectivity index (χ1v) is 10.4. The fourth-order valence-corrected chi connectivity index (χ4v) is 5.16. The van der Waals surface area contributed by atoms with Gasteiger partial charge in [-0.25, -0.2) is 12.8 Å². The predicted octanol–water partition coefficient (Wildman–Crippen LogP) is 2.71. The minimum absolute atomic E-state index is 0.0975. The number of benzene rings is 2. The van der Waals surface area contributed by atoms with Gasteiger partial charge in [-0.3, -0.25) is 9.59 Å². The van der Waals surface area contributed by atoms with Gasteiger partial charge in [-0.2, -0.15) is 0 Å². The Morgan fingerprint density at radius 1 is 1.07 bits per heavy atom. The van der Waals surface area contributed by atoms with E-state index >= 15 is 0 Å². The second-order valence-corrected chi connectivity index (χ2v) is 9.10. The fourth-order valence-electron chi connectivity index (χ4n) is 3.28. The van der Waals surface area contributed by atoms with E-state index in [4.69, 9.17) is 0 Å². The monoisotopic (exact) mass is 389 g/mol. The van der Waals surface area contributed by atoms with Crippen LogP contribution in [0.25, 0.3) is 0 Å². The molecule has 0 radical (unpaired) electrons. The Morgan fingerprint density at radius 2 is 1.70 bits per heavy atom. The van der Waals surface area contributed by atoms with Gasteiger partial charge < -0.3 is 4.90 Å². The molecule has 1 heterocycles. The summed E-state index contributed by atoms with van der Waals surface area (Å²) in [6.45, 7) is 0.0975. The van der Waals surface area contributed by atoms with E-state index in [0.717, 1.165) is 0 Å². The largest absolute Gasteiger partial charge is 0.340 e. The van der Waals surface area contributed by atoms with Crippen LogP contribution in [0.3, 0.4) is 0 Å². The molecular weight excluding hydrogens is 369 g/mol. The molecule has 0 aliphatic carbocycles. The first kappa shape index (κ1) is 19.2. The first-order valence-electron chi connectivity index (χ1n) is 8.66. The lowest BCUT2D eigenvalue weighted by Crippen LogP contribution is -2.37. The van der Waals surface area contributed by atoms with E-state index < -0.39 is 26.8 Å². The molecule has 1 aliphatic heterocycles. The number of nitrogens with zero attached hydrogens (tertiary/aromatic N) is 1. The molecule has 1 saturated heterocycles. The van der Waals surface area contributed by atoms with Crippen molar-refractivity contribution in [3.8, 4) is 0 Å². The Labute approximate surface area is 157 Å². The van der Waals surface area contributed by atoms with Crippen LogP contribution in [0.5, 0.6) is 0 Å². The molecular formula is C20H20FNO4S. The summed E-state index contributed by atoms with van der Waals surface area (Å²) in [6, 6.07) is 11.5. The second kappa shape index (κ2) is 7.60. The van der Waals surface area contributed by atoms with E-state index in [0.29, 0.717) is 12.8 Å². The van der Waals surface area contributed by atoms with Gasteiger partial charge >= 0.3 is 0 Å². The van der Waals surface area contributed by atoms with Gasteiger partial charge in [0, 0.05) is 24.7 Å². The molecule has 5 nitrogen and oxygen atoms in total. The zero-order chi connectivity index (χ0) is 19.6. The van der Waals surface area contributed by atoms with Crippen molar-refractivity contribution in [2.24, 2.45) is 0 Å². The molecule has 0 saturated carbocycles. The molecule has 0 aromatic heterocycles. The van der Waals surface area contributed by atoms with Crippen LogP contribution in [-0.2, 0) is 9.84 Å². The van der Waals surface area contributed by atoms with E-state index in [9.17, 15) is 22.4 Å². The van der Waals surface area contributed by atoms with Crippen molar-refractivity contribution in [3.05, 3.63) is 71.0 Å². The van der Waals surface area contributed by atoms with Crippen molar-refractivity contribution in [1.82, 2.24) is 4.90 Å². The predicted molar refractivity (Wildman–Crippen MR) is 100 cm³/mol. The van der Waals surface area contributed by atoms with E-state index in [-0.39, 0.29) is 34.8 Å². The fraction of sp³-hybridized carbons (Fsp3) is 0.300. The lowest BCUT2D eigenvalue weighted by atomic mass is 9.97. The van der Waals surface area contributed by atoms with Crippen molar-refractivity contribution >= 4 is 21.5 Å². The van der Waals surface area contributed by atoms with Gasteiger partial charge in [-0.05, 0) is 43.2 Å². The summed E-state index contributed by atoms with van der Waals surface area (Å²) in [6.07, 6.45) is 1.14. The number of amides is 1. The molecule has 27 heavy (non-hydrogen) atoms. The van der Waals surface area contributed by atoms with Crippen LogP contribution in [-0.4, -0.2) is 49.6 Å². The lowest BCUT2D eigenvalue weighted by molar-refractivity contribution is 0.0790. The summed E-state index contributed by atoms with van der Waals surface area (Å²) in [5.41, 5.74) is 0.678. The molecule has 1 amide bonds. The van der Waals surface area contributed by atoms with Gasteiger partial charge in [0.15, 0.2) is 15.6 Å². The molecule has 7 heteroatoms. The van der Waals surface area contributed by atoms with Crippen LogP contribution >= 0.6 is 0 Å². The molecule has 1 atom stereocenters. The van der Waals surface area contributed by atoms with Gasteiger partial charge in [0.05, 0.1) is 16.6 Å². The summed E-state index contributed by atoms with van der Waals surface area (Å²) in [5, 5.41) is -0.564. The van der Waals surface area contributed by atoms with Gasteiger partial charge in [0.1, 0.15) is 5.82 Å². The third kappa shape index (κ3) is 4.08. The van der Waals surface area contributed by atoms with Gasteiger partial charge in [-0.1, -0.05) is 18.2 Å². The standard InChI is InChI=1S/C20H20FNO4S/c1-22(13-16-5-4-12-27(16,25)26)20(24)18-7-3-2-6-17(18)19(23)14-8-10-15(21)11-9-14/h2-3,6-11,16H,4-5,12-13H2,1H3. The first-order chi connectivity index (χ1) is 12.8. The average Bonchev–Trinajstić information content (AvgIpc) is 2.99. The minimum Gasteiger partial charge on any atom is -0.340 e. The number of carbonyl (C=O) groups is 2. The maximum atomic E-state index is 13.1. The van der Waals surface area contributed by atoms with Crippen LogP contribution < -0.4 is 0 Å². The van der Waals surface area contributed by atoms with Gasteiger partial charge in [0.2, 0.25) is 0 Å². The molecule has 0 spiro atoms. The maximum absolute atomic E-state index is 13.1. The Hall–Kier alpha value is -2.54. The summed E-state index contributed by atoms with van der Waals surface area (Å²) >= 11 is 0. The number of hydrogen-bond donors (Lipinski definition) is 0. The van der Waals surface area contributed by atoms with Gasteiger partial charge in [-0.15, -0.1) is 0 Å². The quantitative estimate of drug-likeness (QED) is 0.737. The maximum Gasteiger partial charge on any atom is 0.254 e. The summed E-state index contributed by atoms with van der Waals surface area (Å²) < 4.78 is 37.1. The average molecular weight is 389 g/mol. The molecule has 2 aromatic rings. The third-order valence-corrected chi connectivity index (χ3v) is 7.05. The van der Waals surface area contributed by atoms with E-state index in [2.05, 4.69) is 0 Å². The Kier molecular flexibility index (Phi) is 5.41. The Morgan fingerprint density at radius 3 is 2.30 bits per heavy atom. The number of carbonyl (C=O) groups excluding carboxylic acids is 2. The number of ketones is 1. The molecule has 1 fully saturated rings. The molecule has 2 aromatic carbocycles. The highest BCUT2D eigenvalue weighted by Crippen LogP contribution is 2.22. The second-order valence-electron chi connectivity index (χ2n) is 6.70. The molecule has 1 unspecified atom stereocenters. The summed E-state index contributed by atoms with van der Waals surface area (Å²) in [5.74, 6) is -1.10. The normalized spacial score (nSPS) is 18.2. The molecule has 3 rings (SSSR count). The highest BCUT2D eigenvalue weighted by Gasteiger charge is 2.33. The SMILES string of the molecule is CN(CC1CCCS1(=O)=O)C(=O)c1ccccc1C(=O)c1ccc(F)cc1. The van der Waals surface area contributed by atoms with Crippen molar-refractivity contribution in [2.75, 3.05) is 19.3 Å². The Balaban J connectivity index is 1.85. The summed E-state index contributed by atoms with van der Waals surface area (Å²) in [7, 11) is -1.63. The van der Waals surface area contributed by atoms with Crippen LogP contribution in [0.15, 0.2) is 48.5 Å². The van der Waals surface area contributed by atoms with E-state index in [1.54, 1.807) is 24.3 Å². The molecule has 0 bridgehead atoms. The molecule has 0 N–H and O–H groups in total. The number of halogens is 1. The van der Waals surface area contributed by atoms with Crippen molar-refractivity contribution in [1.29, 1.82) is 0 Å². The highest BCUT2D eigenvalue weighted by molar-refractivity contribution is 7.92. The smallest absolute Gasteiger partial charge is 0.254 e. The lowest BCUT2D eigenvalue weighted by Gasteiger charge is -2.22. The topological polar surface area (TPSA) is 71.5 Å². The van der Waals surface area contributed by atoms with Crippen LogP contribution in [0.4, 0.5) is 4.39 Å². The van der Waals surface area contributed by atoms with Crippen molar-refractivity contribution in [3.63, 3.8) is 0 Å². The number of hydrogen-bond acceptors (Lipinski definition) is 4. The van der Waals surface area contributed by atoms with E-state index in [1.165, 1.54) is 36.2 Å². The van der Waals surface area contributed by atoms with Crippen molar-refractivity contribution in [2.45, 2.75) is 18.1 Å². The zero-order valence-electron chi connectivity index (χ0n) is 14.9. The zero-order valence-corrected chi connectivity index (χ0v) is 15.7. The Bertz CT molecular complexity index is 970. The number of rotatable bonds is 5. The molecule has 142 valence electrons. The van der Waals surface area contributed by atoms with Crippen LogP contribution in [0, 0.1) is 5.82 Å².